The van der Waals surface area contributed by atoms with Crippen LogP contribution in [0.5, 0.6) is 0 Å². The van der Waals surface area contributed by atoms with E-state index < -0.39 is 0 Å². The van der Waals surface area contributed by atoms with Gasteiger partial charge in [-0.25, -0.2) is 0 Å². The van der Waals surface area contributed by atoms with E-state index in [1.165, 1.54) is 0 Å². The summed E-state index contributed by atoms with van der Waals surface area (Å²) >= 11 is 0. The zero-order valence-corrected chi connectivity index (χ0v) is 11.7. The van der Waals surface area contributed by atoms with Crippen LogP contribution in [0.1, 0.15) is 61.3 Å². The number of hydrogen-bond donors (Lipinski definition) is 0. The Balaban J connectivity index is 2.85. The van der Waals surface area contributed by atoms with E-state index in [1.807, 2.05) is 27.7 Å². The normalized spacial score (nSPS) is 11.0. The summed E-state index contributed by atoms with van der Waals surface area (Å²) in [6, 6.07) is 7.10. The highest BCUT2D eigenvalue weighted by atomic mass is 16.1. The first-order chi connectivity index (χ1) is 8.40. The third-order valence-electron chi connectivity index (χ3n) is 2.69. The molecule has 98 valence electrons. The molecule has 0 aromatic heterocycles. The number of carbonyl (C=O) groups excluding carboxylic acids is 2. The molecule has 0 amide bonds. The van der Waals surface area contributed by atoms with Gasteiger partial charge in [-0.1, -0.05) is 45.9 Å². The Bertz CT molecular complexity index is 393. The second-order valence-electron chi connectivity index (χ2n) is 5.62. The highest BCUT2D eigenvalue weighted by molar-refractivity contribution is 6.01. The number of Topliss-reactive ketones (excluding diaryl/α,β-unsaturated/α-hetero) is 2. The van der Waals surface area contributed by atoms with Crippen LogP contribution in [0.15, 0.2) is 24.3 Å². The molecule has 1 aromatic carbocycles. The third kappa shape index (κ3) is 4.44. The Labute approximate surface area is 109 Å². The third-order valence-corrected chi connectivity index (χ3v) is 2.69. The molecule has 0 saturated carbocycles. The molecule has 2 nitrogen and oxygen atoms in total. The van der Waals surface area contributed by atoms with E-state index >= 15 is 0 Å². The first kappa shape index (κ1) is 14.6. The maximum Gasteiger partial charge on any atom is 0.163 e. The van der Waals surface area contributed by atoms with Crippen LogP contribution in [-0.4, -0.2) is 11.6 Å². The molecule has 0 heterocycles. The van der Waals surface area contributed by atoms with Gasteiger partial charge in [-0.2, -0.15) is 0 Å². The van der Waals surface area contributed by atoms with Crippen molar-refractivity contribution in [2.75, 3.05) is 0 Å². The summed E-state index contributed by atoms with van der Waals surface area (Å²) in [7, 11) is 0. The smallest absolute Gasteiger partial charge is 0.163 e. The second kappa shape index (κ2) is 6.48. The van der Waals surface area contributed by atoms with Gasteiger partial charge in [0.1, 0.15) is 0 Å². The van der Waals surface area contributed by atoms with Crippen molar-refractivity contribution in [1.29, 1.82) is 0 Å². The molecule has 0 spiro atoms. The van der Waals surface area contributed by atoms with Crippen molar-refractivity contribution in [1.82, 2.24) is 0 Å². The molecule has 0 aliphatic rings. The minimum atomic E-state index is 0.115. The van der Waals surface area contributed by atoms with E-state index in [1.54, 1.807) is 24.3 Å². The van der Waals surface area contributed by atoms with Crippen LogP contribution in [0.3, 0.4) is 0 Å². The predicted molar refractivity (Wildman–Crippen MR) is 74.0 cm³/mol. The lowest BCUT2D eigenvalue weighted by atomic mass is 9.96. The number of carbonyl (C=O) groups is 2. The minimum absolute atomic E-state index is 0.115. The Kier molecular flexibility index (Phi) is 5.26. The van der Waals surface area contributed by atoms with Crippen molar-refractivity contribution in [3.05, 3.63) is 35.4 Å². The van der Waals surface area contributed by atoms with Crippen molar-refractivity contribution in [2.45, 2.75) is 40.5 Å². The van der Waals surface area contributed by atoms with Crippen molar-refractivity contribution in [2.24, 2.45) is 11.8 Å². The van der Waals surface area contributed by atoms with E-state index in [9.17, 15) is 9.59 Å². The Morgan fingerprint density at radius 2 is 1.28 bits per heavy atom. The van der Waals surface area contributed by atoms with Gasteiger partial charge < -0.3 is 0 Å². The van der Waals surface area contributed by atoms with E-state index in [0.29, 0.717) is 35.8 Å². The SMILES string of the molecule is CC(C)CC(=O)c1cccc(C(=O)CC(C)C)c1. The molecule has 0 radical (unpaired) electrons. The highest BCUT2D eigenvalue weighted by Gasteiger charge is 2.12. The second-order valence-corrected chi connectivity index (χ2v) is 5.62. The van der Waals surface area contributed by atoms with Gasteiger partial charge in [0.05, 0.1) is 0 Å². The Hall–Kier alpha value is -1.44. The molecular weight excluding hydrogens is 224 g/mol. The van der Waals surface area contributed by atoms with Crippen molar-refractivity contribution >= 4 is 11.6 Å². The molecular formula is C16H22O2. The fourth-order valence-corrected chi connectivity index (χ4v) is 1.84. The number of hydrogen-bond acceptors (Lipinski definition) is 2. The van der Waals surface area contributed by atoms with Crippen LogP contribution in [-0.2, 0) is 0 Å². The van der Waals surface area contributed by atoms with Gasteiger partial charge in [0, 0.05) is 24.0 Å². The average Bonchev–Trinajstić information content (AvgIpc) is 2.27. The molecule has 18 heavy (non-hydrogen) atoms. The largest absolute Gasteiger partial charge is 0.294 e. The molecule has 0 fully saturated rings. The summed E-state index contributed by atoms with van der Waals surface area (Å²) in [5.74, 6) is 0.911. The van der Waals surface area contributed by atoms with Crippen LogP contribution < -0.4 is 0 Å². The standard InChI is InChI=1S/C16H22O2/c1-11(2)8-15(17)13-6-5-7-14(10-13)16(18)9-12(3)4/h5-7,10-12H,8-9H2,1-4H3. The molecule has 2 heteroatoms. The summed E-state index contributed by atoms with van der Waals surface area (Å²) in [5, 5.41) is 0. The highest BCUT2D eigenvalue weighted by Crippen LogP contribution is 2.14. The fourth-order valence-electron chi connectivity index (χ4n) is 1.84. The van der Waals surface area contributed by atoms with Crippen LogP contribution >= 0.6 is 0 Å². The minimum Gasteiger partial charge on any atom is -0.294 e. The lowest BCUT2D eigenvalue weighted by molar-refractivity contribution is 0.0966. The first-order valence-corrected chi connectivity index (χ1v) is 6.56. The van der Waals surface area contributed by atoms with E-state index in [-0.39, 0.29) is 11.6 Å². The van der Waals surface area contributed by atoms with Gasteiger partial charge in [0.25, 0.3) is 0 Å². The van der Waals surface area contributed by atoms with Crippen LogP contribution in [0.25, 0.3) is 0 Å². The zero-order chi connectivity index (χ0) is 13.7. The number of ketones is 2. The monoisotopic (exact) mass is 246 g/mol. The quantitative estimate of drug-likeness (QED) is 0.707. The molecule has 0 bridgehead atoms. The van der Waals surface area contributed by atoms with Crippen LogP contribution in [0.4, 0.5) is 0 Å². The maximum atomic E-state index is 11.9. The Morgan fingerprint density at radius 3 is 1.61 bits per heavy atom. The zero-order valence-electron chi connectivity index (χ0n) is 11.7. The lowest BCUT2D eigenvalue weighted by Crippen LogP contribution is -2.07. The number of rotatable bonds is 6. The van der Waals surface area contributed by atoms with Gasteiger partial charge in [0.15, 0.2) is 11.6 Å². The van der Waals surface area contributed by atoms with Crippen molar-refractivity contribution < 1.29 is 9.59 Å². The summed E-state index contributed by atoms with van der Waals surface area (Å²) in [4.78, 5) is 23.9. The topological polar surface area (TPSA) is 34.1 Å². The van der Waals surface area contributed by atoms with E-state index in [2.05, 4.69) is 0 Å². The molecule has 0 atom stereocenters. The average molecular weight is 246 g/mol. The molecule has 0 aliphatic carbocycles. The molecule has 0 aliphatic heterocycles. The molecule has 0 unspecified atom stereocenters. The summed E-state index contributed by atoms with van der Waals surface area (Å²) in [6.07, 6.45) is 1.06. The fraction of sp³-hybridized carbons (Fsp3) is 0.500. The molecule has 1 rings (SSSR count). The Morgan fingerprint density at radius 1 is 0.889 bits per heavy atom. The van der Waals surface area contributed by atoms with Gasteiger partial charge in [-0.3, -0.25) is 9.59 Å². The van der Waals surface area contributed by atoms with E-state index in [0.717, 1.165) is 0 Å². The molecule has 0 N–H and O–H groups in total. The van der Waals surface area contributed by atoms with Gasteiger partial charge >= 0.3 is 0 Å². The summed E-state index contributed by atoms with van der Waals surface area (Å²) in [6.45, 7) is 8.08. The summed E-state index contributed by atoms with van der Waals surface area (Å²) < 4.78 is 0. The van der Waals surface area contributed by atoms with Gasteiger partial charge in [-0.15, -0.1) is 0 Å². The number of benzene rings is 1. The van der Waals surface area contributed by atoms with Crippen LogP contribution in [0, 0.1) is 11.8 Å². The first-order valence-electron chi connectivity index (χ1n) is 6.56. The summed E-state index contributed by atoms with van der Waals surface area (Å²) in [5.41, 5.74) is 1.30. The predicted octanol–water partition coefficient (Wildman–Crippen LogP) is 4.14. The van der Waals surface area contributed by atoms with Crippen molar-refractivity contribution in [3.8, 4) is 0 Å². The maximum absolute atomic E-state index is 11.9. The van der Waals surface area contributed by atoms with Gasteiger partial charge in [0.2, 0.25) is 0 Å². The van der Waals surface area contributed by atoms with E-state index in [4.69, 9.17) is 0 Å². The molecule has 1 aromatic rings. The lowest BCUT2D eigenvalue weighted by Gasteiger charge is -2.07. The van der Waals surface area contributed by atoms with Crippen molar-refractivity contribution in [3.63, 3.8) is 0 Å². The molecule has 0 saturated heterocycles. The van der Waals surface area contributed by atoms with Crippen LogP contribution in [0.2, 0.25) is 0 Å². The van der Waals surface area contributed by atoms with Gasteiger partial charge in [-0.05, 0) is 17.9 Å².